The molecule has 0 saturated heterocycles. The fourth-order valence-electron chi connectivity index (χ4n) is 5.35. The van der Waals surface area contributed by atoms with Crippen LogP contribution < -0.4 is 10.6 Å². The second kappa shape index (κ2) is 10.9. The molecular weight excluding hydrogens is 444 g/mol. The number of carboxylic acids is 1. The zero-order chi connectivity index (χ0) is 24.9. The minimum atomic E-state index is -0.886. The average molecular weight is 479 g/mol. The smallest absolute Gasteiger partial charge is 0.407 e. The van der Waals surface area contributed by atoms with Crippen molar-refractivity contribution in [1.29, 1.82) is 0 Å². The molecular formula is C28H34N2O5. The molecule has 2 aliphatic rings. The van der Waals surface area contributed by atoms with Crippen LogP contribution >= 0.6 is 0 Å². The summed E-state index contributed by atoms with van der Waals surface area (Å²) < 4.78 is 5.62. The summed E-state index contributed by atoms with van der Waals surface area (Å²) in [5.74, 6) is -2.12. The number of hydrogen-bond donors (Lipinski definition) is 3. The predicted molar refractivity (Wildman–Crippen MR) is 133 cm³/mol. The third kappa shape index (κ3) is 5.50. The number of alkyl carbamates (subject to hydrolysis) is 1. The summed E-state index contributed by atoms with van der Waals surface area (Å²) in [7, 11) is 0. The first-order valence-electron chi connectivity index (χ1n) is 12.5. The number of carbonyl (C=O) groups excluding carboxylic acids is 2. The minimum absolute atomic E-state index is 0.0678. The van der Waals surface area contributed by atoms with Crippen molar-refractivity contribution in [2.24, 2.45) is 11.8 Å². The number of fused-ring (bicyclic) bond motifs is 3. The van der Waals surface area contributed by atoms with Gasteiger partial charge in [-0.1, -0.05) is 81.6 Å². The van der Waals surface area contributed by atoms with Gasteiger partial charge < -0.3 is 20.5 Å². The first-order valence-corrected chi connectivity index (χ1v) is 12.5. The Balaban J connectivity index is 1.40. The quantitative estimate of drug-likeness (QED) is 0.501. The highest BCUT2D eigenvalue weighted by atomic mass is 16.5. The van der Waals surface area contributed by atoms with Crippen molar-refractivity contribution in [3.63, 3.8) is 0 Å². The van der Waals surface area contributed by atoms with Crippen LogP contribution in [0.15, 0.2) is 48.5 Å². The lowest BCUT2D eigenvalue weighted by molar-refractivity contribution is -0.143. The number of carbonyl (C=O) groups is 3. The zero-order valence-electron chi connectivity index (χ0n) is 20.3. The van der Waals surface area contributed by atoms with Crippen molar-refractivity contribution < 1.29 is 24.2 Å². The molecule has 0 bridgehead atoms. The molecule has 2 aromatic rings. The maximum atomic E-state index is 13.1. The van der Waals surface area contributed by atoms with E-state index < -0.39 is 30.1 Å². The fraction of sp³-hybridized carbons (Fsp3) is 0.464. The fourth-order valence-corrected chi connectivity index (χ4v) is 5.35. The lowest BCUT2D eigenvalue weighted by atomic mass is 9.94. The van der Waals surface area contributed by atoms with Crippen LogP contribution in [-0.2, 0) is 14.3 Å². The van der Waals surface area contributed by atoms with Crippen LogP contribution in [0.5, 0.6) is 0 Å². The summed E-state index contributed by atoms with van der Waals surface area (Å²) in [4.78, 5) is 37.6. The van der Waals surface area contributed by atoms with Gasteiger partial charge in [0, 0.05) is 12.0 Å². The average Bonchev–Trinajstić information content (AvgIpc) is 2.97. The van der Waals surface area contributed by atoms with Gasteiger partial charge >= 0.3 is 12.1 Å². The molecule has 0 aliphatic heterocycles. The van der Waals surface area contributed by atoms with Crippen molar-refractivity contribution in [3.05, 3.63) is 59.7 Å². The third-order valence-electron chi connectivity index (χ3n) is 7.23. The van der Waals surface area contributed by atoms with Gasteiger partial charge in [-0.3, -0.25) is 9.59 Å². The molecule has 2 aliphatic carbocycles. The van der Waals surface area contributed by atoms with Gasteiger partial charge in [0.05, 0.1) is 5.92 Å². The Morgan fingerprint density at radius 1 is 0.943 bits per heavy atom. The van der Waals surface area contributed by atoms with Gasteiger partial charge in [-0.05, 0) is 41.0 Å². The molecule has 2 aromatic carbocycles. The summed E-state index contributed by atoms with van der Waals surface area (Å²) in [6.45, 7) is 3.85. The molecule has 186 valence electrons. The summed E-state index contributed by atoms with van der Waals surface area (Å²) in [6.07, 6.45) is 3.19. The molecule has 0 heterocycles. The molecule has 7 nitrogen and oxygen atoms in total. The van der Waals surface area contributed by atoms with Crippen LogP contribution in [-0.4, -0.2) is 41.8 Å². The largest absolute Gasteiger partial charge is 0.481 e. The van der Waals surface area contributed by atoms with Crippen molar-refractivity contribution in [2.45, 2.75) is 64.0 Å². The highest BCUT2D eigenvalue weighted by molar-refractivity contribution is 5.87. The standard InChI is InChI=1S/C28H34N2O5/c1-17(2)25(26(31)29-24-15-5-3-4-14-22(24)27(32)33)30-28(34)35-16-23-20-12-8-6-10-18(20)19-11-7-9-13-21(19)23/h6-13,17,22-25H,3-5,14-16H2,1-2H3,(H,29,31)(H,30,34)(H,32,33)/t22-,24+,25?/m0/s1. The number of nitrogens with one attached hydrogen (secondary N) is 2. The number of aliphatic carboxylic acids is 1. The SMILES string of the molecule is CC(C)C(NC(=O)OCC1c2ccccc2-c2ccccc21)C(=O)N[C@@H]1CCCCC[C@@H]1C(=O)O. The lowest BCUT2D eigenvalue weighted by Crippen LogP contribution is -2.54. The number of carboxylic acid groups (broad SMARTS) is 1. The van der Waals surface area contributed by atoms with Gasteiger partial charge in [-0.2, -0.15) is 0 Å². The molecule has 0 aromatic heterocycles. The van der Waals surface area contributed by atoms with Gasteiger partial charge in [0.1, 0.15) is 12.6 Å². The monoisotopic (exact) mass is 478 g/mol. The van der Waals surface area contributed by atoms with E-state index in [1.165, 1.54) is 0 Å². The number of benzene rings is 2. The predicted octanol–water partition coefficient (Wildman–Crippen LogP) is 4.70. The highest BCUT2D eigenvalue weighted by Gasteiger charge is 2.34. The molecule has 3 N–H and O–H groups in total. The summed E-state index contributed by atoms with van der Waals surface area (Å²) >= 11 is 0. The Hall–Kier alpha value is -3.35. The molecule has 0 spiro atoms. The first kappa shape index (κ1) is 24.8. The topological polar surface area (TPSA) is 105 Å². The third-order valence-corrected chi connectivity index (χ3v) is 7.23. The van der Waals surface area contributed by atoms with E-state index in [2.05, 4.69) is 34.9 Å². The molecule has 0 radical (unpaired) electrons. The molecule has 35 heavy (non-hydrogen) atoms. The first-order chi connectivity index (χ1) is 16.9. The number of amides is 2. The van der Waals surface area contributed by atoms with Crippen LogP contribution in [0.3, 0.4) is 0 Å². The molecule has 1 fully saturated rings. The second-order valence-corrected chi connectivity index (χ2v) is 9.89. The molecule has 1 unspecified atom stereocenters. The van der Waals surface area contributed by atoms with Crippen molar-refractivity contribution >= 4 is 18.0 Å². The van der Waals surface area contributed by atoms with Crippen LogP contribution in [0.25, 0.3) is 11.1 Å². The van der Waals surface area contributed by atoms with E-state index >= 15 is 0 Å². The van der Waals surface area contributed by atoms with Crippen LogP contribution in [0.2, 0.25) is 0 Å². The summed E-state index contributed by atoms with van der Waals surface area (Å²) in [5, 5.41) is 15.2. The Morgan fingerprint density at radius 2 is 1.54 bits per heavy atom. The maximum Gasteiger partial charge on any atom is 0.407 e. The molecule has 7 heteroatoms. The normalized spacial score (nSPS) is 20.3. The lowest BCUT2D eigenvalue weighted by Gasteiger charge is -2.27. The maximum absolute atomic E-state index is 13.1. The van der Waals surface area contributed by atoms with Crippen molar-refractivity contribution in [1.82, 2.24) is 10.6 Å². The zero-order valence-corrected chi connectivity index (χ0v) is 20.3. The minimum Gasteiger partial charge on any atom is -0.481 e. The molecule has 3 atom stereocenters. The van der Waals surface area contributed by atoms with Crippen molar-refractivity contribution in [3.8, 4) is 11.1 Å². The van der Waals surface area contributed by atoms with Gasteiger partial charge in [0.15, 0.2) is 0 Å². The van der Waals surface area contributed by atoms with Crippen LogP contribution in [0.4, 0.5) is 4.79 Å². The Bertz CT molecular complexity index is 1040. The number of rotatable bonds is 7. The van der Waals surface area contributed by atoms with Gasteiger partial charge in [-0.15, -0.1) is 0 Å². The van der Waals surface area contributed by atoms with E-state index in [0.717, 1.165) is 41.5 Å². The van der Waals surface area contributed by atoms with E-state index in [0.29, 0.717) is 12.8 Å². The van der Waals surface area contributed by atoms with Gasteiger partial charge in [0.25, 0.3) is 0 Å². The number of hydrogen-bond acceptors (Lipinski definition) is 4. The Labute approximate surface area is 206 Å². The highest BCUT2D eigenvalue weighted by Crippen LogP contribution is 2.44. The molecule has 1 saturated carbocycles. The van der Waals surface area contributed by atoms with Crippen LogP contribution in [0, 0.1) is 11.8 Å². The summed E-state index contributed by atoms with van der Waals surface area (Å²) in [5.41, 5.74) is 4.53. The van der Waals surface area contributed by atoms with E-state index in [1.54, 1.807) is 0 Å². The molecule has 4 rings (SSSR count). The van der Waals surface area contributed by atoms with Crippen molar-refractivity contribution in [2.75, 3.05) is 6.61 Å². The van der Waals surface area contributed by atoms with Crippen LogP contribution in [0.1, 0.15) is 63.0 Å². The Morgan fingerprint density at radius 3 is 2.14 bits per heavy atom. The van der Waals surface area contributed by atoms with E-state index in [9.17, 15) is 19.5 Å². The van der Waals surface area contributed by atoms with Gasteiger partial charge in [-0.25, -0.2) is 4.79 Å². The van der Waals surface area contributed by atoms with E-state index in [4.69, 9.17) is 4.74 Å². The second-order valence-electron chi connectivity index (χ2n) is 9.89. The number of ether oxygens (including phenoxy) is 1. The van der Waals surface area contributed by atoms with E-state index in [1.807, 2.05) is 38.1 Å². The summed E-state index contributed by atoms with van der Waals surface area (Å²) in [6, 6.07) is 15.0. The molecule has 2 amide bonds. The van der Waals surface area contributed by atoms with E-state index in [-0.39, 0.29) is 24.3 Å². The Kier molecular flexibility index (Phi) is 7.73. The van der Waals surface area contributed by atoms with Gasteiger partial charge in [0.2, 0.25) is 5.91 Å².